The molecule has 2 aromatic carbocycles. The van der Waals surface area contributed by atoms with E-state index in [0.717, 1.165) is 0 Å². The van der Waals surface area contributed by atoms with Crippen molar-refractivity contribution in [2.75, 3.05) is 14.2 Å². The maximum absolute atomic E-state index is 12.4. The van der Waals surface area contributed by atoms with Gasteiger partial charge in [0.05, 0.1) is 19.1 Å². The van der Waals surface area contributed by atoms with Crippen molar-refractivity contribution >= 4 is 33.2 Å². The predicted octanol–water partition coefficient (Wildman–Crippen LogP) is 3.49. The first-order chi connectivity index (χ1) is 10.9. The minimum atomic E-state index is -3.72. The molecule has 2 rings (SSSR count). The summed E-state index contributed by atoms with van der Waals surface area (Å²) in [5, 5.41) is 0.883. The van der Waals surface area contributed by atoms with Crippen LogP contribution in [0, 0.1) is 0 Å². The summed E-state index contributed by atoms with van der Waals surface area (Å²) in [4.78, 5) is 0.0697. The van der Waals surface area contributed by atoms with Crippen LogP contribution < -0.4 is 14.2 Å². The molecule has 0 aliphatic rings. The molecule has 0 saturated carbocycles. The van der Waals surface area contributed by atoms with Gasteiger partial charge in [-0.05, 0) is 29.8 Å². The van der Waals surface area contributed by atoms with Gasteiger partial charge in [0.15, 0.2) is 11.5 Å². The number of benzene rings is 2. The number of rotatable bonds is 6. The van der Waals surface area contributed by atoms with Crippen LogP contribution in [0.5, 0.6) is 11.5 Å². The van der Waals surface area contributed by atoms with Crippen molar-refractivity contribution < 1.29 is 17.9 Å². The van der Waals surface area contributed by atoms with E-state index in [1.807, 2.05) is 0 Å². The van der Waals surface area contributed by atoms with E-state index in [-0.39, 0.29) is 11.4 Å². The van der Waals surface area contributed by atoms with Gasteiger partial charge in [0.25, 0.3) is 0 Å². The topological polar surface area (TPSA) is 64.6 Å². The highest BCUT2D eigenvalue weighted by Gasteiger charge is 2.17. The smallest absolute Gasteiger partial charge is 0.241 e. The average Bonchev–Trinajstić information content (AvgIpc) is 2.53. The van der Waals surface area contributed by atoms with Crippen molar-refractivity contribution in [3.8, 4) is 11.5 Å². The number of sulfonamides is 1. The largest absolute Gasteiger partial charge is 0.493 e. The molecular formula is C15H15Cl2NO4S. The second-order valence-electron chi connectivity index (χ2n) is 4.58. The number of ether oxygens (including phenoxy) is 2. The molecule has 0 heterocycles. The zero-order chi connectivity index (χ0) is 17.0. The zero-order valence-electron chi connectivity index (χ0n) is 12.5. The van der Waals surface area contributed by atoms with Gasteiger partial charge in [0, 0.05) is 22.7 Å². The molecule has 0 aliphatic heterocycles. The fourth-order valence-electron chi connectivity index (χ4n) is 1.90. The highest BCUT2D eigenvalue weighted by molar-refractivity contribution is 7.89. The highest BCUT2D eigenvalue weighted by atomic mass is 35.5. The maximum Gasteiger partial charge on any atom is 0.241 e. The molecule has 0 saturated heterocycles. The molecule has 23 heavy (non-hydrogen) atoms. The van der Waals surface area contributed by atoms with Gasteiger partial charge in [-0.3, -0.25) is 0 Å². The van der Waals surface area contributed by atoms with Crippen LogP contribution in [0.15, 0.2) is 41.3 Å². The second-order valence-corrected chi connectivity index (χ2v) is 7.19. The molecule has 124 valence electrons. The number of halogens is 2. The SMILES string of the molecule is COc1ccc(S(=O)(=O)NCc2ccc(Cl)cc2Cl)cc1OC. The van der Waals surface area contributed by atoms with Crippen LogP contribution in [-0.4, -0.2) is 22.6 Å². The normalized spacial score (nSPS) is 11.3. The Kier molecular flexibility index (Phi) is 5.75. The second kappa shape index (κ2) is 7.40. The summed E-state index contributed by atoms with van der Waals surface area (Å²) in [6.45, 7) is 0.0483. The van der Waals surface area contributed by atoms with Crippen LogP contribution in [-0.2, 0) is 16.6 Å². The van der Waals surface area contributed by atoms with E-state index in [0.29, 0.717) is 27.1 Å². The van der Waals surface area contributed by atoms with Crippen molar-refractivity contribution in [3.63, 3.8) is 0 Å². The summed E-state index contributed by atoms with van der Waals surface area (Å²) in [5.41, 5.74) is 0.625. The molecule has 1 N–H and O–H groups in total. The molecule has 0 unspecified atom stereocenters. The third-order valence-electron chi connectivity index (χ3n) is 3.13. The first kappa shape index (κ1) is 17.9. The fraction of sp³-hybridized carbons (Fsp3) is 0.200. The van der Waals surface area contributed by atoms with Crippen LogP contribution in [0.4, 0.5) is 0 Å². The predicted molar refractivity (Wildman–Crippen MR) is 90.0 cm³/mol. The Morgan fingerprint density at radius 1 is 1.00 bits per heavy atom. The Morgan fingerprint density at radius 3 is 2.30 bits per heavy atom. The van der Waals surface area contributed by atoms with Crippen molar-refractivity contribution in [3.05, 3.63) is 52.0 Å². The van der Waals surface area contributed by atoms with E-state index in [9.17, 15) is 8.42 Å². The summed E-state index contributed by atoms with van der Waals surface area (Å²) in [6.07, 6.45) is 0. The summed E-state index contributed by atoms with van der Waals surface area (Å²) in [7, 11) is -0.801. The van der Waals surface area contributed by atoms with Crippen LogP contribution >= 0.6 is 23.2 Å². The minimum absolute atomic E-state index is 0.0483. The molecule has 8 heteroatoms. The maximum atomic E-state index is 12.4. The Hall–Kier alpha value is -1.47. The summed E-state index contributed by atoms with van der Waals surface area (Å²) in [6, 6.07) is 9.23. The fourth-order valence-corrected chi connectivity index (χ4v) is 3.40. The van der Waals surface area contributed by atoms with Crippen LogP contribution in [0.1, 0.15) is 5.56 Å². The number of hydrogen-bond acceptors (Lipinski definition) is 4. The lowest BCUT2D eigenvalue weighted by molar-refractivity contribution is 0.354. The van der Waals surface area contributed by atoms with Crippen molar-refractivity contribution in [2.24, 2.45) is 0 Å². The lowest BCUT2D eigenvalue weighted by atomic mass is 10.2. The number of hydrogen-bond donors (Lipinski definition) is 1. The monoisotopic (exact) mass is 375 g/mol. The zero-order valence-corrected chi connectivity index (χ0v) is 14.8. The molecule has 5 nitrogen and oxygen atoms in total. The van der Waals surface area contributed by atoms with E-state index in [2.05, 4.69) is 4.72 Å². The van der Waals surface area contributed by atoms with Crippen molar-refractivity contribution in [1.29, 1.82) is 0 Å². The van der Waals surface area contributed by atoms with Gasteiger partial charge in [-0.25, -0.2) is 13.1 Å². The first-order valence-electron chi connectivity index (χ1n) is 6.53. The summed E-state index contributed by atoms with van der Waals surface area (Å²) in [5.74, 6) is 0.784. The van der Waals surface area contributed by atoms with Gasteiger partial charge >= 0.3 is 0 Å². The van der Waals surface area contributed by atoms with Crippen LogP contribution in [0.2, 0.25) is 10.0 Å². The Labute approximate surface area is 145 Å². The van der Waals surface area contributed by atoms with Crippen molar-refractivity contribution in [1.82, 2.24) is 4.72 Å². The molecule has 0 bridgehead atoms. The van der Waals surface area contributed by atoms with Gasteiger partial charge in [-0.15, -0.1) is 0 Å². The minimum Gasteiger partial charge on any atom is -0.493 e. The lowest BCUT2D eigenvalue weighted by Crippen LogP contribution is -2.23. The van der Waals surface area contributed by atoms with Gasteiger partial charge < -0.3 is 9.47 Å². The Balaban J connectivity index is 2.22. The van der Waals surface area contributed by atoms with Crippen LogP contribution in [0.3, 0.4) is 0 Å². The molecular weight excluding hydrogens is 361 g/mol. The van der Waals surface area contributed by atoms with Gasteiger partial charge in [-0.2, -0.15) is 0 Å². The van der Waals surface area contributed by atoms with Crippen molar-refractivity contribution in [2.45, 2.75) is 11.4 Å². The molecule has 0 amide bonds. The first-order valence-corrected chi connectivity index (χ1v) is 8.77. The van der Waals surface area contributed by atoms with E-state index < -0.39 is 10.0 Å². The summed E-state index contributed by atoms with van der Waals surface area (Å²) >= 11 is 11.9. The van der Waals surface area contributed by atoms with Crippen LogP contribution in [0.25, 0.3) is 0 Å². The molecule has 0 spiro atoms. The molecule has 0 radical (unpaired) electrons. The van der Waals surface area contributed by atoms with Gasteiger partial charge in [-0.1, -0.05) is 29.3 Å². The van der Waals surface area contributed by atoms with E-state index in [1.165, 1.54) is 32.4 Å². The third kappa shape index (κ3) is 4.29. The van der Waals surface area contributed by atoms with E-state index in [4.69, 9.17) is 32.7 Å². The highest BCUT2D eigenvalue weighted by Crippen LogP contribution is 2.29. The lowest BCUT2D eigenvalue weighted by Gasteiger charge is -2.11. The summed E-state index contributed by atoms with van der Waals surface area (Å²) < 4.78 is 37.4. The average molecular weight is 376 g/mol. The van der Waals surface area contributed by atoms with Gasteiger partial charge in [0.1, 0.15) is 0 Å². The molecule has 2 aromatic rings. The Bertz CT molecular complexity index is 809. The quantitative estimate of drug-likeness (QED) is 0.838. The van der Waals surface area contributed by atoms with E-state index in [1.54, 1.807) is 18.2 Å². The molecule has 0 aromatic heterocycles. The van der Waals surface area contributed by atoms with E-state index >= 15 is 0 Å². The molecule has 0 atom stereocenters. The molecule has 0 aliphatic carbocycles. The third-order valence-corrected chi connectivity index (χ3v) is 5.12. The Morgan fingerprint density at radius 2 is 1.70 bits per heavy atom. The number of methoxy groups -OCH3 is 2. The van der Waals surface area contributed by atoms with Gasteiger partial charge in [0.2, 0.25) is 10.0 Å². The standard InChI is InChI=1S/C15H15Cl2NO4S/c1-21-14-6-5-12(8-15(14)22-2)23(19,20)18-9-10-3-4-11(16)7-13(10)17/h3-8,18H,9H2,1-2H3. The number of nitrogens with one attached hydrogen (secondary N) is 1. The molecule has 0 fully saturated rings.